The summed E-state index contributed by atoms with van der Waals surface area (Å²) < 4.78 is 10.9. The van der Waals surface area contributed by atoms with Gasteiger partial charge in [0, 0.05) is 5.39 Å². The Morgan fingerprint density at radius 2 is 1.93 bits per heavy atom. The fraction of sp³-hybridized carbons (Fsp3) is 0.0909. The summed E-state index contributed by atoms with van der Waals surface area (Å²) in [6, 6.07) is 19.3. The first-order valence-corrected chi connectivity index (χ1v) is 8.55. The molecule has 134 valence electrons. The highest BCUT2D eigenvalue weighted by Gasteiger charge is 2.13. The first-order valence-electron chi connectivity index (χ1n) is 8.55. The third kappa shape index (κ3) is 3.27. The molecule has 27 heavy (non-hydrogen) atoms. The molecular weight excluding hydrogens is 340 g/mol. The van der Waals surface area contributed by atoms with Gasteiger partial charge in [0.05, 0.1) is 13.3 Å². The van der Waals surface area contributed by atoms with Crippen molar-refractivity contribution in [2.24, 2.45) is 5.10 Å². The molecule has 0 saturated carbocycles. The summed E-state index contributed by atoms with van der Waals surface area (Å²) in [4.78, 5) is 12.4. The average molecular weight is 358 g/mol. The Labute approximate surface area is 156 Å². The zero-order valence-corrected chi connectivity index (χ0v) is 15.0. The van der Waals surface area contributed by atoms with Gasteiger partial charge in [-0.3, -0.25) is 4.79 Å². The van der Waals surface area contributed by atoms with E-state index in [4.69, 9.17) is 9.15 Å². The molecule has 1 N–H and O–H groups in total. The Morgan fingerprint density at radius 3 is 2.74 bits per heavy atom. The number of benzene rings is 3. The van der Waals surface area contributed by atoms with Gasteiger partial charge in [0.1, 0.15) is 11.3 Å². The minimum Gasteiger partial charge on any atom is -0.496 e. The van der Waals surface area contributed by atoms with Gasteiger partial charge < -0.3 is 9.15 Å². The Kier molecular flexibility index (Phi) is 4.34. The number of nitrogens with one attached hydrogen (secondary N) is 1. The van der Waals surface area contributed by atoms with Gasteiger partial charge in [-0.2, -0.15) is 5.10 Å². The molecule has 0 aliphatic heterocycles. The summed E-state index contributed by atoms with van der Waals surface area (Å²) in [5.41, 5.74) is 5.05. The standard InChI is InChI=1S/C22H18N2O3/c1-14-11-15(7-9-19(14)26-2)13-23-24-22(25)21-12-18-17-6-4-3-5-16(17)8-10-20(18)27-21/h3-13H,1-2H3,(H,24,25)/b23-13+. The normalized spacial score (nSPS) is 11.3. The molecule has 5 heteroatoms. The quantitative estimate of drug-likeness (QED) is 0.426. The predicted octanol–water partition coefficient (Wildman–Crippen LogP) is 4.67. The van der Waals surface area contributed by atoms with Crippen LogP contribution in [0.4, 0.5) is 0 Å². The molecule has 0 saturated heterocycles. The van der Waals surface area contributed by atoms with Gasteiger partial charge in [0.2, 0.25) is 0 Å². The van der Waals surface area contributed by atoms with E-state index >= 15 is 0 Å². The van der Waals surface area contributed by atoms with Crippen LogP contribution in [0.25, 0.3) is 21.7 Å². The number of furan rings is 1. The number of fused-ring (bicyclic) bond motifs is 3. The van der Waals surface area contributed by atoms with Crippen LogP contribution in [0.3, 0.4) is 0 Å². The predicted molar refractivity (Wildman–Crippen MR) is 107 cm³/mol. The number of methoxy groups -OCH3 is 1. The van der Waals surface area contributed by atoms with Crippen molar-refractivity contribution in [3.63, 3.8) is 0 Å². The van der Waals surface area contributed by atoms with E-state index in [1.54, 1.807) is 19.4 Å². The minimum absolute atomic E-state index is 0.226. The zero-order valence-electron chi connectivity index (χ0n) is 15.0. The lowest BCUT2D eigenvalue weighted by Gasteiger charge is -2.04. The fourth-order valence-corrected chi connectivity index (χ4v) is 3.11. The molecule has 0 radical (unpaired) electrons. The molecule has 0 unspecified atom stereocenters. The smallest absolute Gasteiger partial charge is 0.307 e. The van der Waals surface area contributed by atoms with Crippen molar-refractivity contribution in [3.8, 4) is 5.75 Å². The van der Waals surface area contributed by atoms with E-state index in [1.807, 2.05) is 61.5 Å². The van der Waals surface area contributed by atoms with Crippen molar-refractivity contribution in [1.82, 2.24) is 5.43 Å². The van der Waals surface area contributed by atoms with E-state index in [0.29, 0.717) is 5.58 Å². The Balaban J connectivity index is 1.54. The van der Waals surface area contributed by atoms with Gasteiger partial charge in [-0.25, -0.2) is 5.43 Å². The number of carbonyl (C=O) groups excluding carboxylic acids is 1. The Bertz CT molecular complexity index is 1170. The van der Waals surface area contributed by atoms with Crippen LogP contribution in [-0.2, 0) is 0 Å². The molecule has 5 nitrogen and oxygen atoms in total. The second-order valence-corrected chi connectivity index (χ2v) is 6.24. The van der Waals surface area contributed by atoms with Gasteiger partial charge in [0.25, 0.3) is 0 Å². The van der Waals surface area contributed by atoms with Crippen LogP contribution in [0.2, 0.25) is 0 Å². The number of aryl methyl sites for hydroxylation is 1. The fourth-order valence-electron chi connectivity index (χ4n) is 3.11. The van der Waals surface area contributed by atoms with Crippen LogP contribution in [0, 0.1) is 6.92 Å². The average Bonchev–Trinajstić information content (AvgIpc) is 3.13. The first-order chi connectivity index (χ1) is 13.2. The highest BCUT2D eigenvalue weighted by atomic mass is 16.5. The lowest BCUT2D eigenvalue weighted by Crippen LogP contribution is -2.16. The maximum absolute atomic E-state index is 12.4. The summed E-state index contributed by atoms with van der Waals surface area (Å²) >= 11 is 0. The number of rotatable bonds is 4. The number of hydrogen-bond acceptors (Lipinski definition) is 4. The molecule has 1 heterocycles. The van der Waals surface area contributed by atoms with Crippen LogP contribution in [0.5, 0.6) is 5.75 Å². The molecule has 0 spiro atoms. The van der Waals surface area contributed by atoms with E-state index in [2.05, 4.69) is 10.5 Å². The summed E-state index contributed by atoms with van der Waals surface area (Å²) in [6.07, 6.45) is 1.59. The number of nitrogens with zero attached hydrogens (tertiary/aromatic N) is 1. The highest BCUT2D eigenvalue weighted by molar-refractivity contribution is 6.08. The molecular formula is C22H18N2O3. The van der Waals surface area contributed by atoms with Crippen molar-refractivity contribution in [1.29, 1.82) is 0 Å². The third-order valence-corrected chi connectivity index (χ3v) is 4.45. The SMILES string of the molecule is COc1ccc(/C=N/NC(=O)c2cc3c(ccc4ccccc43)o2)cc1C. The number of amides is 1. The lowest BCUT2D eigenvalue weighted by atomic mass is 10.1. The molecule has 1 amide bonds. The van der Waals surface area contributed by atoms with Crippen LogP contribution in [0.1, 0.15) is 21.7 Å². The van der Waals surface area contributed by atoms with Crippen LogP contribution in [-0.4, -0.2) is 19.2 Å². The molecule has 4 rings (SSSR count). The molecule has 0 atom stereocenters. The van der Waals surface area contributed by atoms with Crippen molar-refractivity contribution >= 4 is 33.9 Å². The van der Waals surface area contributed by atoms with E-state index in [0.717, 1.165) is 33.0 Å². The summed E-state index contributed by atoms with van der Waals surface area (Å²) in [6.45, 7) is 1.95. The van der Waals surface area contributed by atoms with Crippen molar-refractivity contribution in [3.05, 3.63) is 77.6 Å². The molecule has 3 aromatic carbocycles. The molecule has 0 fully saturated rings. The van der Waals surface area contributed by atoms with Gasteiger partial charge in [-0.05, 0) is 59.2 Å². The Morgan fingerprint density at radius 1 is 1.07 bits per heavy atom. The van der Waals surface area contributed by atoms with E-state index in [1.165, 1.54) is 0 Å². The van der Waals surface area contributed by atoms with E-state index < -0.39 is 5.91 Å². The topological polar surface area (TPSA) is 63.8 Å². The van der Waals surface area contributed by atoms with Gasteiger partial charge in [0.15, 0.2) is 5.76 Å². The van der Waals surface area contributed by atoms with Crippen molar-refractivity contribution < 1.29 is 13.9 Å². The molecule has 0 bridgehead atoms. The highest BCUT2D eigenvalue weighted by Crippen LogP contribution is 2.28. The maximum Gasteiger partial charge on any atom is 0.307 e. The zero-order chi connectivity index (χ0) is 18.8. The maximum atomic E-state index is 12.4. The summed E-state index contributed by atoms with van der Waals surface area (Å²) in [5.74, 6) is 0.645. The Hall–Kier alpha value is -3.60. The van der Waals surface area contributed by atoms with Gasteiger partial charge in [-0.15, -0.1) is 0 Å². The van der Waals surface area contributed by atoms with Gasteiger partial charge in [-0.1, -0.05) is 30.3 Å². The molecule has 4 aromatic rings. The molecule has 1 aromatic heterocycles. The number of ether oxygens (including phenoxy) is 1. The summed E-state index contributed by atoms with van der Waals surface area (Å²) in [5, 5.41) is 7.09. The van der Waals surface area contributed by atoms with Gasteiger partial charge >= 0.3 is 5.91 Å². The second-order valence-electron chi connectivity index (χ2n) is 6.24. The van der Waals surface area contributed by atoms with Crippen molar-refractivity contribution in [2.75, 3.05) is 7.11 Å². The van der Waals surface area contributed by atoms with E-state index in [-0.39, 0.29) is 5.76 Å². The molecule has 0 aliphatic rings. The minimum atomic E-state index is -0.392. The van der Waals surface area contributed by atoms with Crippen LogP contribution >= 0.6 is 0 Å². The van der Waals surface area contributed by atoms with E-state index in [9.17, 15) is 4.79 Å². The number of carbonyl (C=O) groups is 1. The number of hydrazone groups is 1. The van der Waals surface area contributed by atoms with Crippen LogP contribution in [0.15, 0.2) is 70.2 Å². The third-order valence-electron chi connectivity index (χ3n) is 4.45. The lowest BCUT2D eigenvalue weighted by molar-refractivity contribution is 0.0929. The summed E-state index contributed by atoms with van der Waals surface area (Å²) in [7, 11) is 1.63. The second kappa shape index (κ2) is 6.96. The first kappa shape index (κ1) is 16.8. The largest absolute Gasteiger partial charge is 0.496 e. The van der Waals surface area contributed by atoms with Crippen molar-refractivity contribution in [2.45, 2.75) is 6.92 Å². The van der Waals surface area contributed by atoms with Crippen LogP contribution < -0.4 is 10.2 Å². The monoisotopic (exact) mass is 358 g/mol. The number of hydrogen-bond donors (Lipinski definition) is 1. The molecule has 0 aliphatic carbocycles.